The molecule has 0 saturated heterocycles. The number of aliphatic hydroxyl groups is 1. The number of unbranched alkanes of at least 4 members (excludes halogenated alkanes) is 49. The van der Waals surface area contributed by atoms with Gasteiger partial charge in [-0.05, 0) is 43.4 Å². The first kappa shape index (κ1) is 100. The summed E-state index contributed by atoms with van der Waals surface area (Å²) in [7, 11) is -9.92. The number of carbonyl (C=O) groups is 4. The van der Waals surface area contributed by atoms with Gasteiger partial charge in [-0.15, -0.1) is 0 Å². The van der Waals surface area contributed by atoms with Gasteiger partial charge in [0.1, 0.15) is 19.3 Å². The Labute approximate surface area is 626 Å². The van der Waals surface area contributed by atoms with Crippen molar-refractivity contribution in [1.29, 1.82) is 0 Å². The molecule has 0 aromatic carbocycles. The molecule has 0 radical (unpaired) electrons. The van der Waals surface area contributed by atoms with Gasteiger partial charge in [-0.2, -0.15) is 0 Å². The van der Waals surface area contributed by atoms with Crippen molar-refractivity contribution in [2.45, 2.75) is 452 Å². The highest BCUT2D eigenvalue weighted by atomic mass is 31.2. The summed E-state index contributed by atoms with van der Waals surface area (Å²) >= 11 is 0. The van der Waals surface area contributed by atoms with E-state index in [1.807, 2.05) is 0 Å². The van der Waals surface area contributed by atoms with Crippen LogP contribution in [0.5, 0.6) is 0 Å². The number of aliphatic hydroxyl groups excluding tert-OH is 1. The first-order valence-electron chi connectivity index (χ1n) is 42.8. The van der Waals surface area contributed by atoms with Gasteiger partial charge in [-0.3, -0.25) is 37.3 Å². The number of ether oxygens (including phenoxy) is 4. The average molecular weight is 1490 g/mol. The average Bonchev–Trinajstić information content (AvgIpc) is 0.928. The third kappa shape index (κ3) is 76.3. The Balaban J connectivity index is 5.21. The fourth-order valence-electron chi connectivity index (χ4n) is 12.8. The molecule has 0 heterocycles. The second-order valence-corrected chi connectivity index (χ2v) is 34.2. The summed E-state index contributed by atoms with van der Waals surface area (Å²) in [6.45, 7) is 11.9. The first-order valence-corrected chi connectivity index (χ1v) is 45.8. The highest BCUT2D eigenvalue weighted by Gasteiger charge is 2.30. The number of hydrogen-bond acceptors (Lipinski definition) is 15. The Morgan fingerprint density at radius 2 is 0.451 bits per heavy atom. The maximum Gasteiger partial charge on any atom is 0.472 e. The summed E-state index contributed by atoms with van der Waals surface area (Å²) in [5.41, 5.74) is 0. The van der Waals surface area contributed by atoms with Crippen molar-refractivity contribution in [2.75, 3.05) is 39.6 Å². The number of rotatable bonds is 81. The zero-order valence-electron chi connectivity index (χ0n) is 67.1. The lowest BCUT2D eigenvalue weighted by molar-refractivity contribution is -0.161. The lowest BCUT2D eigenvalue weighted by Crippen LogP contribution is -2.30. The lowest BCUT2D eigenvalue weighted by atomic mass is 10.0. The van der Waals surface area contributed by atoms with E-state index >= 15 is 0 Å². The third-order valence-corrected chi connectivity index (χ3v) is 21.3. The molecule has 0 aromatic heterocycles. The van der Waals surface area contributed by atoms with Gasteiger partial charge in [-0.25, -0.2) is 9.13 Å². The van der Waals surface area contributed by atoms with Crippen LogP contribution < -0.4 is 0 Å². The maximum absolute atomic E-state index is 13.1. The Bertz CT molecular complexity index is 1970. The molecule has 5 atom stereocenters. The van der Waals surface area contributed by atoms with Gasteiger partial charge in [0.05, 0.1) is 26.4 Å². The van der Waals surface area contributed by atoms with Gasteiger partial charge in [-0.1, -0.05) is 382 Å². The number of phosphoric acid groups is 2. The number of esters is 4. The Kier molecular flexibility index (Phi) is 71.8. The second-order valence-electron chi connectivity index (χ2n) is 31.3. The molecule has 0 aliphatic heterocycles. The van der Waals surface area contributed by atoms with Crippen molar-refractivity contribution in [3.05, 3.63) is 0 Å². The van der Waals surface area contributed by atoms with Crippen molar-refractivity contribution >= 4 is 39.5 Å². The van der Waals surface area contributed by atoms with Crippen LogP contribution in [0.15, 0.2) is 0 Å². The van der Waals surface area contributed by atoms with Crippen LogP contribution in [0.2, 0.25) is 0 Å². The predicted octanol–water partition coefficient (Wildman–Crippen LogP) is 24.9. The summed E-state index contributed by atoms with van der Waals surface area (Å²) in [5, 5.41) is 10.6. The molecule has 102 heavy (non-hydrogen) atoms. The summed E-state index contributed by atoms with van der Waals surface area (Å²) < 4.78 is 68.7. The Morgan fingerprint density at radius 3 is 0.667 bits per heavy atom. The molecule has 0 aliphatic carbocycles. The summed E-state index contributed by atoms with van der Waals surface area (Å²) in [6.07, 6.45) is 62.7. The normalized spacial score (nSPS) is 13.9. The maximum atomic E-state index is 13.1. The van der Waals surface area contributed by atoms with E-state index in [9.17, 15) is 43.2 Å². The van der Waals surface area contributed by atoms with E-state index in [1.165, 1.54) is 244 Å². The molecule has 0 aromatic rings. The molecule has 0 saturated carbocycles. The van der Waals surface area contributed by atoms with Crippen LogP contribution in [0, 0.1) is 17.8 Å². The Morgan fingerprint density at radius 1 is 0.265 bits per heavy atom. The van der Waals surface area contributed by atoms with Crippen LogP contribution in [0.1, 0.15) is 434 Å². The minimum atomic E-state index is -4.96. The SMILES string of the molecule is CCCCCCCCCCCCCCCCCCCCCCCC(=O)O[C@H](COC(=O)CCCCCCCCCCCCCCCCCCC(C)C)COP(=O)(O)OC[C@@H](O)COP(=O)(O)OC[C@@H](COC(=O)CCCCCCCCCCC(C)C)OC(=O)CCCCCCCCCCC(C)C. The van der Waals surface area contributed by atoms with E-state index in [4.69, 9.17) is 37.0 Å². The summed E-state index contributed by atoms with van der Waals surface area (Å²) in [4.78, 5) is 73.0. The molecule has 606 valence electrons. The first-order chi connectivity index (χ1) is 49.2. The van der Waals surface area contributed by atoms with Crippen molar-refractivity contribution in [3.8, 4) is 0 Å². The quantitative estimate of drug-likeness (QED) is 0.0222. The van der Waals surface area contributed by atoms with Gasteiger partial charge in [0.25, 0.3) is 0 Å². The summed E-state index contributed by atoms with van der Waals surface area (Å²) in [5.74, 6) is 0.145. The van der Waals surface area contributed by atoms with Crippen LogP contribution in [0.25, 0.3) is 0 Å². The zero-order chi connectivity index (χ0) is 75.1. The van der Waals surface area contributed by atoms with E-state index in [0.29, 0.717) is 25.7 Å². The van der Waals surface area contributed by atoms with E-state index in [2.05, 4.69) is 48.5 Å². The molecule has 0 spiro atoms. The number of hydrogen-bond donors (Lipinski definition) is 3. The molecule has 19 heteroatoms. The monoisotopic (exact) mass is 1490 g/mol. The van der Waals surface area contributed by atoms with Crippen molar-refractivity contribution < 1.29 is 80.2 Å². The van der Waals surface area contributed by atoms with Crippen LogP contribution in [0.4, 0.5) is 0 Å². The highest BCUT2D eigenvalue weighted by molar-refractivity contribution is 7.47. The fourth-order valence-corrected chi connectivity index (χ4v) is 14.4. The van der Waals surface area contributed by atoms with Crippen LogP contribution in [-0.4, -0.2) is 96.7 Å². The van der Waals surface area contributed by atoms with Crippen molar-refractivity contribution in [1.82, 2.24) is 0 Å². The summed E-state index contributed by atoms with van der Waals surface area (Å²) in [6, 6.07) is 0. The molecule has 0 rings (SSSR count). The van der Waals surface area contributed by atoms with E-state index in [-0.39, 0.29) is 25.7 Å². The minimum Gasteiger partial charge on any atom is -0.462 e. The molecule has 17 nitrogen and oxygen atoms in total. The number of carbonyl (C=O) groups excluding carboxylic acids is 4. The van der Waals surface area contributed by atoms with Gasteiger partial charge in [0, 0.05) is 25.7 Å². The highest BCUT2D eigenvalue weighted by Crippen LogP contribution is 2.45. The predicted molar refractivity (Wildman–Crippen MR) is 418 cm³/mol. The molecule has 0 aliphatic rings. The second kappa shape index (κ2) is 73.2. The van der Waals surface area contributed by atoms with E-state index in [0.717, 1.165) is 108 Å². The fraction of sp³-hybridized carbons (Fsp3) is 0.952. The van der Waals surface area contributed by atoms with Crippen LogP contribution in [0.3, 0.4) is 0 Å². The smallest absolute Gasteiger partial charge is 0.462 e. The topological polar surface area (TPSA) is 237 Å². The standard InChI is InChI=1S/C83H162O17P2/c1-8-9-10-11-12-13-14-15-16-17-18-19-20-21-26-29-32-35-45-52-59-66-82(87)99-78(70-93-80(85)64-57-50-43-34-31-28-25-23-22-24-27-30-33-40-47-54-61-74(2)3)72-97-101(89,90)95-68-77(84)69-96-102(91,92)98-73-79(100-83(88)67-60-53-46-39-37-42-49-56-63-76(6)7)71-94-81(86)65-58-51-44-38-36-41-48-55-62-75(4)5/h74-79,84H,8-73H2,1-7H3,(H,89,90)(H,91,92)/t77-,78-,79-/m1/s1. The van der Waals surface area contributed by atoms with Crippen molar-refractivity contribution in [3.63, 3.8) is 0 Å². The third-order valence-electron chi connectivity index (χ3n) is 19.4. The molecule has 3 N–H and O–H groups in total. The van der Waals surface area contributed by atoms with Gasteiger partial charge in [0.2, 0.25) is 0 Å². The van der Waals surface area contributed by atoms with Gasteiger partial charge < -0.3 is 33.8 Å². The Hall–Kier alpha value is -1.94. The lowest BCUT2D eigenvalue weighted by Gasteiger charge is -2.21. The molecule has 0 amide bonds. The molecule has 0 fully saturated rings. The molecule has 2 unspecified atom stereocenters. The van der Waals surface area contributed by atoms with Crippen molar-refractivity contribution in [2.24, 2.45) is 17.8 Å². The number of phosphoric ester groups is 2. The molecular formula is C83H162O17P2. The van der Waals surface area contributed by atoms with Crippen LogP contribution in [-0.2, 0) is 65.4 Å². The molecule has 0 bridgehead atoms. The largest absolute Gasteiger partial charge is 0.472 e. The zero-order valence-corrected chi connectivity index (χ0v) is 68.9. The molecular weight excluding hydrogens is 1330 g/mol. The van der Waals surface area contributed by atoms with E-state index < -0.39 is 97.5 Å². The van der Waals surface area contributed by atoms with Crippen LogP contribution >= 0.6 is 15.6 Å². The minimum absolute atomic E-state index is 0.104. The van der Waals surface area contributed by atoms with Gasteiger partial charge in [0.15, 0.2) is 12.2 Å². The van der Waals surface area contributed by atoms with Gasteiger partial charge >= 0.3 is 39.5 Å². The van der Waals surface area contributed by atoms with E-state index in [1.54, 1.807) is 0 Å².